The van der Waals surface area contributed by atoms with Crippen LogP contribution in [0.2, 0.25) is 5.02 Å². The maximum Gasteiger partial charge on any atom is 0.275 e. The first-order valence-electron chi connectivity index (χ1n) is 6.97. The van der Waals surface area contributed by atoms with Crippen molar-refractivity contribution in [2.45, 2.75) is 18.2 Å². The fourth-order valence-corrected chi connectivity index (χ4v) is 2.60. The minimum Gasteiger partial charge on any atom is -0.479 e. The Morgan fingerprint density at radius 1 is 1.46 bits per heavy atom. The lowest BCUT2D eigenvalue weighted by molar-refractivity contribution is -0.122. The largest absolute Gasteiger partial charge is 0.479 e. The average Bonchev–Trinajstić information content (AvgIpc) is 2.56. The number of ether oxygens (including phenoxy) is 1. The Morgan fingerprint density at radius 3 is 3.00 bits per heavy atom. The van der Waals surface area contributed by atoms with Gasteiger partial charge in [0.15, 0.2) is 17.0 Å². The first kappa shape index (κ1) is 16.5. The van der Waals surface area contributed by atoms with E-state index < -0.39 is 12.0 Å². The average molecular weight is 365 g/mol. The Kier molecular flexibility index (Phi) is 4.59. The second-order valence-electron chi connectivity index (χ2n) is 4.97. The van der Waals surface area contributed by atoms with E-state index >= 15 is 0 Å². The van der Waals surface area contributed by atoms with Gasteiger partial charge in [0.25, 0.3) is 11.8 Å². The summed E-state index contributed by atoms with van der Waals surface area (Å²) in [6.07, 6.45) is 2.64. The Balaban J connectivity index is 1.83. The monoisotopic (exact) mass is 364 g/mol. The molecule has 3 rings (SSSR count). The van der Waals surface area contributed by atoms with Crippen molar-refractivity contribution < 1.29 is 14.3 Å². The highest BCUT2D eigenvalue weighted by Crippen LogP contribution is 2.32. The molecule has 2 N–H and O–H groups in total. The summed E-state index contributed by atoms with van der Waals surface area (Å²) in [5.74, 6) is -0.159. The zero-order chi connectivity index (χ0) is 17.3. The highest BCUT2D eigenvalue weighted by molar-refractivity contribution is 7.98. The van der Waals surface area contributed by atoms with Crippen LogP contribution in [0.4, 0.5) is 11.4 Å². The van der Waals surface area contributed by atoms with Gasteiger partial charge in [0.2, 0.25) is 0 Å². The molecule has 0 saturated heterocycles. The maximum atomic E-state index is 12.4. The minimum absolute atomic E-state index is 0.0858. The lowest BCUT2D eigenvalue weighted by atomic mass is 10.2. The minimum atomic E-state index is -0.553. The first-order valence-corrected chi connectivity index (χ1v) is 8.57. The zero-order valence-corrected chi connectivity index (χ0v) is 14.4. The van der Waals surface area contributed by atoms with E-state index in [9.17, 15) is 9.59 Å². The molecule has 2 amide bonds. The lowest BCUT2D eigenvalue weighted by Crippen LogP contribution is -2.34. The number of halogens is 1. The van der Waals surface area contributed by atoms with Crippen molar-refractivity contribution in [2.24, 2.45) is 0 Å². The number of benzene rings is 1. The number of amides is 2. The van der Waals surface area contributed by atoms with Crippen LogP contribution in [0.1, 0.15) is 17.4 Å². The molecule has 2 aromatic rings. The molecule has 7 nitrogen and oxygen atoms in total. The Hall–Kier alpha value is -2.32. The molecule has 24 heavy (non-hydrogen) atoms. The predicted molar refractivity (Wildman–Crippen MR) is 91.9 cm³/mol. The molecule has 0 saturated carbocycles. The van der Waals surface area contributed by atoms with Crippen molar-refractivity contribution in [1.29, 1.82) is 0 Å². The van der Waals surface area contributed by atoms with Gasteiger partial charge in [-0.05, 0) is 31.4 Å². The Morgan fingerprint density at radius 2 is 2.25 bits per heavy atom. The normalized spacial score (nSPS) is 16.0. The van der Waals surface area contributed by atoms with Crippen LogP contribution < -0.4 is 15.4 Å². The van der Waals surface area contributed by atoms with Crippen LogP contribution in [0.5, 0.6) is 5.75 Å². The summed E-state index contributed by atoms with van der Waals surface area (Å²) in [6, 6.07) is 4.96. The number of rotatable bonds is 3. The van der Waals surface area contributed by atoms with Gasteiger partial charge < -0.3 is 15.4 Å². The molecule has 0 spiro atoms. The van der Waals surface area contributed by atoms with Gasteiger partial charge in [0, 0.05) is 5.69 Å². The highest BCUT2D eigenvalue weighted by atomic mass is 35.5. The van der Waals surface area contributed by atoms with E-state index in [1.54, 1.807) is 31.4 Å². The number of hydrogen-bond acceptors (Lipinski definition) is 6. The maximum absolute atomic E-state index is 12.4. The predicted octanol–water partition coefficient (Wildman–Crippen LogP) is 2.82. The van der Waals surface area contributed by atoms with Crippen LogP contribution in [0.25, 0.3) is 0 Å². The summed E-state index contributed by atoms with van der Waals surface area (Å²) in [7, 11) is 0. The molecule has 1 unspecified atom stereocenters. The fraction of sp³-hybridized carbons (Fsp3) is 0.200. The lowest BCUT2D eigenvalue weighted by Gasteiger charge is -2.23. The Labute approximate surface area is 147 Å². The molecular formula is C15H13ClN4O3S. The van der Waals surface area contributed by atoms with Crippen molar-refractivity contribution in [1.82, 2.24) is 9.97 Å². The highest BCUT2D eigenvalue weighted by Gasteiger charge is 2.24. The summed E-state index contributed by atoms with van der Waals surface area (Å²) < 4.78 is 5.47. The van der Waals surface area contributed by atoms with Crippen LogP contribution in [0, 0.1) is 0 Å². The number of hydrogen-bond donors (Lipinski definition) is 2. The van der Waals surface area contributed by atoms with Gasteiger partial charge in [0.1, 0.15) is 5.75 Å². The summed E-state index contributed by atoms with van der Waals surface area (Å²) in [4.78, 5) is 32.1. The smallest absolute Gasteiger partial charge is 0.275 e. The third-order valence-corrected chi connectivity index (χ3v) is 4.13. The van der Waals surface area contributed by atoms with Gasteiger partial charge in [-0.1, -0.05) is 23.4 Å². The zero-order valence-electron chi connectivity index (χ0n) is 12.8. The quantitative estimate of drug-likeness (QED) is 0.642. The topological polar surface area (TPSA) is 93.2 Å². The molecule has 9 heteroatoms. The first-order chi connectivity index (χ1) is 11.5. The van der Waals surface area contributed by atoms with Crippen LogP contribution >= 0.6 is 23.4 Å². The molecule has 1 aromatic heterocycles. The van der Waals surface area contributed by atoms with E-state index in [2.05, 4.69) is 20.6 Å². The molecule has 1 aliphatic heterocycles. The summed E-state index contributed by atoms with van der Waals surface area (Å²) in [6.45, 7) is 1.66. The second kappa shape index (κ2) is 6.66. The molecule has 124 valence electrons. The standard InChI is InChI=1S/C15H13ClN4O3S/c1-7-13(21)19-10-5-8(3-4-11(10)23-7)18-14(22)12-9(16)6-17-15(20-12)24-2/h3-7H,1-2H3,(H,18,22)(H,19,21). The molecule has 0 radical (unpaired) electrons. The second-order valence-corrected chi connectivity index (χ2v) is 6.15. The van der Waals surface area contributed by atoms with Crippen molar-refractivity contribution in [3.05, 3.63) is 35.1 Å². The van der Waals surface area contributed by atoms with E-state index in [-0.39, 0.29) is 16.6 Å². The Bertz CT molecular complexity index is 830. The molecule has 1 aliphatic rings. The van der Waals surface area contributed by atoms with E-state index in [0.717, 1.165) is 0 Å². The van der Waals surface area contributed by atoms with Crippen LogP contribution in [-0.4, -0.2) is 34.1 Å². The number of thioether (sulfide) groups is 1. The SMILES string of the molecule is CSc1ncc(Cl)c(C(=O)Nc2ccc3c(c2)NC(=O)C(C)O3)n1. The van der Waals surface area contributed by atoms with Crippen LogP contribution in [0.15, 0.2) is 29.6 Å². The number of carbonyl (C=O) groups excluding carboxylic acids is 2. The van der Waals surface area contributed by atoms with Crippen molar-refractivity contribution in [3.63, 3.8) is 0 Å². The van der Waals surface area contributed by atoms with Gasteiger partial charge in [-0.15, -0.1) is 0 Å². The van der Waals surface area contributed by atoms with E-state index in [1.165, 1.54) is 18.0 Å². The molecule has 2 heterocycles. The number of anilines is 2. The summed E-state index contributed by atoms with van der Waals surface area (Å²) in [5, 5.41) is 6.03. The molecule has 1 aromatic carbocycles. The molecular weight excluding hydrogens is 352 g/mol. The number of carbonyl (C=O) groups is 2. The number of nitrogens with one attached hydrogen (secondary N) is 2. The third-order valence-electron chi connectivity index (χ3n) is 3.29. The fourth-order valence-electron chi connectivity index (χ4n) is 2.09. The van der Waals surface area contributed by atoms with Crippen molar-refractivity contribution in [2.75, 3.05) is 16.9 Å². The molecule has 0 fully saturated rings. The van der Waals surface area contributed by atoms with Crippen LogP contribution in [0.3, 0.4) is 0 Å². The van der Waals surface area contributed by atoms with Crippen LogP contribution in [-0.2, 0) is 4.79 Å². The van der Waals surface area contributed by atoms with Gasteiger partial charge in [-0.3, -0.25) is 9.59 Å². The van der Waals surface area contributed by atoms with Gasteiger partial charge >= 0.3 is 0 Å². The molecule has 0 bridgehead atoms. The molecule has 0 aliphatic carbocycles. The van der Waals surface area contributed by atoms with E-state index in [0.29, 0.717) is 22.3 Å². The van der Waals surface area contributed by atoms with Gasteiger partial charge in [-0.25, -0.2) is 9.97 Å². The number of nitrogens with zero attached hydrogens (tertiary/aromatic N) is 2. The summed E-state index contributed by atoms with van der Waals surface area (Å²) in [5.41, 5.74) is 1.06. The van der Waals surface area contributed by atoms with E-state index in [4.69, 9.17) is 16.3 Å². The molecule has 1 atom stereocenters. The number of fused-ring (bicyclic) bond motifs is 1. The number of aromatic nitrogens is 2. The third kappa shape index (κ3) is 3.29. The van der Waals surface area contributed by atoms with E-state index in [1.807, 2.05) is 0 Å². The van der Waals surface area contributed by atoms with Crippen molar-refractivity contribution >= 4 is 46.6 Å². The van der Waals surface area contributed by atoms with Gasteiger partial charge in [-0.2, -0.15) is 0 Å². The van der Waals surface area contributed by atoms with Crippen molar-refractivity contribution in [3.8, 4) is 5.75 Å². The summed E-state index contributed by atoms with van der Waals surface area (Å²) >= 11 is 7.30. The van der Waals surface area contributed by atoms with Gasteiger partial charge in [0.05, 0.1) is 16.9 Å².